The van der Waals surface area contributed by atoms with Crippen LogP contribution in [0.5, 0.6) is 0 Å². The number of hydrogen-bond acceptors (Lipinski definition) is 2. The van der Waals surface area contributed by atoms with E-state index < -0.39 is 5.79 Å². The Hall–Kier alpha value is -0.340. The summed E-state index contributed by atoms with van der Waals surface area (Å²) in [6.07, 6.45) is 1.65. The van der Waals surface area contributed by atoms with Gasteiger partial charge in [-0.05, 0) is 25.8 Å². The highest BCUT2D eigenvalue weighted by Crippen LogP contribution is 2.27. The fourth-order valence-electron chi connectivity index (χ4n) is 0.982. The van der Waals surface area contributed by atoms with Gasteiger partial charge in [-0.3, -0.25) is 0 Å². The van der Waals surface area contributed by atoms with Crippen molar-refractivity contribution in [2.45, 2.75) is 25.7 Å². The molecule has 1 heterocycles. The minimum absolute atomic E-state index is 0.00185. The highest BCUT2D eigenvalue weighted by molar-refractivity contribution is 4.91. The zero-order chi connectivity index (χ0) is 8.48. The van der Waals surface area contributed by atoms with Crippen molar-refractivity contribution >= 4 is 0 Å². The Labute approximate surface area is 68.2 Å². The molecule has 2 heteroatoms. The van der Waals surface area contributed by atoms with Crippen LogP contribution in [-0.2, 0) is 9.47 Å². The zero-order valence-electron chi connectivity index (χ0n) is 7.04. The van der Waals surface area contributed by atoms with E-state index in [2.05, 4.69) is 6.58 Å². The van der Waals surface area contributed by atoms with Crippen molar-refractivity contribution in [1.29, 1.82) is 0 Å². The molecule has 11 heavy (non-hydrogen) atoms. The van der Waals surface area contributed by atoms with E-state index in [1.807, 2.05) is 13.8 Å². The molecule has 0 aromatic carbocycles. The lowest BCUT2D eigenvalue weighted by molar-refractivity contribution is -0.117. The van der Waals surface area contributed by atoms with Crippen LogP contribution in [0.15, 0.2) is 12.7 Å². The van der Waals surface area contributed by atoms with Gasteiger partial charge in [0.05, 0.1) is 12.7 Å². The van der Waals surface area contributed by atoms with E-state index in [0.29, 0.717) is 6.61 Å². The molecule has 1 aliphatic rings. The Kier molecular flexibility index (Phi) is 2.35. The molecule has 2 radical (unpaired) electrons. The third kappa shape index (κ3) is 1.82. The average molecular weight is 154 g/mol. The molecule has 1 saturated heterocycles. The van der Waals surface area contributed by atoms with Crippen LogP contribution in [-0.4, -0.2) is 18.5 Å². The van der Waals surface area contributed by atoms with Gasteiger partial charge in [-0.2, -0.15) is 0 Å². The van der Waals surface area contributed by atoms with Gasteiger partial charge in [0, 0.05) is 0 Å². The molecule has 0 aromatic rings. The lowest BCUT2D eigenvalue weighted by atomic mass is 10.1. The molecule has 0 spiro atoms. The molecule has 0 aliphatic carbocycles. The van der Waals surface area contributed by atoms with E-state index in [1.165, 1.54) is 0 Å². The third-order valence-electron chi connectivity index (χ3n) is 1.88. The van der Waals surface area contributed by atoms with Gasteiger partial charge in [0.25, 0.3) is 0 Å². The molecule has 1 rings (SSSR count). The quantitative estimate of drug-likeness (QED) is 0.563. The Bertz CT molecular complexity index is 154. The maximum atomic E-state index is 5.63. The average Bonchev–Trinajstić information content (AvgIpc) is 2.33. The fraction of sp³-hybridized carbons (Fsp3) is 0.667. The Morgan fingerprint density at radius 1 is 1.82 bits per heavy atom. The van der Waals surface area contributed by atoms with Gasteiger partial charge in [-0.25, -0.2) is 0 Å². The summed E-state index contributed by atoms with van der Waals surface area (Å²) in [5, 5.41) is 0. The highest BCUT2D eigenvalue weighted by atomic mass is 16.7. The third-order valence-corrected chi connectivity index (χ3v) is 1.88. The van der Waals surface area contributed by atoms with Crippen LogP contribution in [0.2, 0.25) is 0 Å². The molecule has 0 amide bonds. The first kappa shape index (κ1) is 8.75. The van der Waals surface area contributed by atoms with Crippen LogP contribution in [0.3, 0.4) is 0 Å². The van der Waals surface area contributed by atoms with Crippen LogP contribution in [0.25, 0.3) is 0 Å². The van der Waals surface area contributed by atoms with Crippen molar-refractivity contribution in [2.75, 3.05) is 6.61 Å². The second-order valence-corrected chi connectivity index (χ2v) is 3.05. The van der Waals surface area contributed by atoms with E-state index >= 15 is 0 Å². The first-order chi connectivity index (χ1) is 5.07. The molecule has 1 fully saturated rings. The van der Waals surface area contributed by atoms with Crippen LogP contribution in [0.4, 0.5) is 0 Å². The summed E-state index contributed by atoms with van der Waals surface area (Å²) in [5.41, 5.74) is 0. The van der Waals surface area contributed by atoms with Crippen molar-refractivity contribution in [3.63, 3.8) is 0 Å². The SMILES string of the molecule is [CH]C(C)C1COC(C)(C=C)O1. The molecular formula is C9H14O2. The summed E-state index contributed by atoms with van der Waals surface area (Å²) in [5.74, 6) is -0.616. The number of ether oxygens (including phenoxy) is 2. The van der Waals surface area contributed by atoms with Gasteiger partial charge in [0.15, 0.2) is 5.79 Å². The summed E-state index contributed by atoms with van der Waals surface area (Å²) in [7, 11) is 0. The minimum atomic E-state index is -0.627. The predicted molar refractivity (Wildman–Crippen MR) is 42.9 cm³/mol. The van der Waals surface area contributed by atoms with E-state index in [1.54, 1.807) is 6.08 Å². The first-order valence-electron chi connectivity index (χ1n) is 3.78. The van der Waals surface area contributed by atoms with Crippen molar-refractivity contribution < 1.29 is 9.47 Å². The van der Waals surface area contributed by atoms with E-state index in [0.717, 1.165) is 0 Å². The lowest BCUT2D eigenvalue weighted by Gasteiger charge is -2.19. The van der Waals surface area contributed by atoms with Crippen LogP contribution < -0.4 is 0 Å². The molecule has 0 saturated carbocycles. The van der Waals surface area contributed by atoms with Crippen LogP contribution in [0.1, 0.15) is 13.8 Å². The summed E-state index contributed by atoms with van der Waals surface area (Å²) in [6, 6.07) is 0. The molecule has 0 bridgehead atoms. The minimum Gasteiger partial charge on any atom is -0.344 e. The largest absolute Gasteiger partial charge is 0.344 e. The van der Waals surface area contributed by atoms with Crippen LogP contribution >= 0.6 is 0 Å². The van der Waals surface area contributed by atoms with Gasteiger partial charge in [0.2, 0.25) is 0 Å². The van der Waals surface area contributed by atoms with Gasteiger partial charge < -0.3 is 9.47 Å². The van der Waals surface area contributed by atoms with Crippen LogP contribution in [0, 0.1) is 12.8 Å². The first-order valence-corrected chi connectivity index (χ1v) is 3.78. The molecule has 3 unspecified atom stereocenters. The van der Waals surface area contributed by atoms with Crippen molar-refractivity contribution in [3.05, 3.63) is 19.6 Å². The predicted octanol–water partition coefficient (Wildman–Crippen LogP) is 1.65. The monoisotopic (exact) mass is 154 g/mol. The summed E-state index contributed by atoms with van der Waals surface area (Å²) >= 11 is 0. The van der Waals surface area contributed by atoms with Crippen molar-refractivity contribution in [2.24, 2.45) is 5.92 Å². The van der Waals surface area contributed by atoms with Gasteiger partial charge in [0.1, 0.15) is 0 Å². The molecule has 3 atom stereocenters. The van der Waals surface area contributed by atoms with Gasteiger partial charge in [-0.15, -0.1) is 0 Å². The zero-order valence-corrected chi connectivity index (χ0v) is 7.04. The Morgan fingerprint density at radius 2 is 2.45 bits per heavy atom. The Balaban J connectivity index is 2.52. The summed E-state index contributed by atoms with van der Waals surface area (Å²) in [4.78, 5) is 0. The van der Waals surface area contributed by atoms with E-state index in [9.17, 15) is 0 Å². The molecular weight excluding hydrogens is 140 g/mol. The fourth-order valence-corrected chi connectivity index (χ4v) is 0.982. The molecule has 62 valence electrons. The normalized spacial score (nSPS) is 38.0. The molecule has 1 aliphatic heterocycles. The lowest BCUT2D eigenvalue weighted by Crippen LogP contribution is -2.25. The maximum absolute atomic E-state index is 5.63. The number of hydrogen-bond donors (Lipinski definition) is 0. The Morgan fingerprint density at radius 3 is 2.73 bits per heavy atom. The highest BCUT2D eigenvalue weighted by Gasteiger charge is 2.35. The second-order valence-electron chi connectivity index (χ2n) is 3.05. The van der Waals surface area contributed by atoms with E-state index in [4.69, 9.17) is 16.4 Å². The topological polar surface area (TPSA) is 18.5 Å². The molecule has 0 N–H and O–H groups in total. The van der Waals surface area contributed by atoms with Crippen molar-refractivity contribution in [3.8, 4) is 0 Å². The smallest absolute Gasteiger partial charge is 0.185 e. The maximum Gasteiger partial charge on any atom is 0.185 e. The van der Waals surface area contributed by atoms with E-state index in [-0.39, 0.29) is 12.0 Å². The number of rotatable bonds is 2. The molecule has 0 aromatic heterocycles. The van der Waals surface area contributed by atoms with Gasteiger partial charge >= 0.3 is 0 Å². The van der Waals surface area contributed by atoms with Crippen molar-refractivity contribution in [1.82, 2.24) is 0 Å². The van der Waals surface area contributed by atoms with Gasteiger partial charge in [-0.1, -0.05) is 13.5 Å². The second kappa shape index (κ2) is 2.95. The standard InChI is InChI=1S/C9H14O2/c1-5-9(4)10-6-8(11-9)7(2)3/h2,5,7-8H,1,6H2,3-4H3. The summed E-state index contributed by atoms with van der Waals surface area (Å²) < 4.78 is 10.8. The molecule has 2 nitrogen and oxygen atoms in total. The summed E-state index contributed by atoms with van der Waals surface area (Å²) in [6.45, 7) is 13.5.